The lowest BCUT2D eigenvalue weighted by Gasteiger charge is -2.21. The number of hydrogen-bond donors (Lipinski definition) is 1. The van der Waals surface area contributed by atoms with E-state index in [1.54, 1.807) is 12.1 Å². The average Bonchev–Trinajstić information content (AvgIpc) is 2.35. The second-order valence-electron chi connectivity index (χ2n) is 4.87. The van der Waals surface area contributed by atoms with E-state index in [4.69, 9.17) is 0 Å². The first-order valence-corrected chi connectivity index (χ1v) is 7.11. The molecule has 98 valence electrons. The molecule has 1 saturated heterocycles. The van der Waals surface area contributed by atoms with Gasteiger partial charge in [-0.05, 0) is 55.6 Å². The van der Waals surface area contributed by atoms with Crippen molar-refractivity contribution in [2.75, 3.05) is 13.1 Å². The number of nitrogens with one attached hydrogen (secondary N) is 1. The second kappa shape index (κ2) is 6.43. The molecule has 0 amide bonds. The van der Waals surface area contributed by atoms with Crippen LogP contribution < -0.4 is 5.32 Å². The van der Waals surface area contributed by atoms with Crippen molar-refractivity contribution in [2.45, 2.75) is 25.7 Å². The predicted molar refractivity (Wildman–Crippen MR) is 73.0 cm³/mol. The maximum Gasteiger partial charge on any atom is 0.137 e. The van der Waals surface area contributed by atoms with Crippen molar-refractivity contribution in [3.63, 3.8) is 0 Å². The molecule has 1 fully saturated rings. The monoisotopic (exact) mass is 313 g/mol. The standard InChI is InChI=1S/C14H17BrFNO/c15-12-3-4-14(16)11(7-12)8-13(18)6-10-2-1-5-17-9-10/h3-4,7,10,17H,1-2,5-6,8-9H2. The normalized spacial score (nSPS) is 19.8. The van der Waals surface area contributed by atoms with Gasteiger partial charge >= 0.3 is 0 Å². The van der Waals surface area contributed by atoms with Gasteiger partial charge < -0.3 is 5.32 Å². The lowest BCUT2D eigenvalue weighted by atomic mass is 9.92. The number of ketones is 1. The molecule has 0 bridgehead atoms. The number of halogens is 2. The summed E-state index contributed by atoms with van der Waals surface area (Å²) >= 11 is 3.30. The molecule has 0 spiro atoms. The van der Waals surface area contributed by atoms with Crippen molar-refractivity contribution in [3.8, 4) is 0 Å². The minimum Gasteiger partial charge on any atom is -0.316 e. The highest BCUT2D eigenvalue weighted by atomic mass is 79.9. The maximum atomic E-state index is 13.5. The second-order valence-corrected chi connectivity index (χ2v) is 5.78. The Morgan fingerprint density at radius 1 is 1.50 bits per heavy atom. The van der Waals surface area contributed by atoms with E-state index in [2.05, 4.69) is 21.2 Å². The van der Waals surface area contributed by atoms with Gasteiger partial charge in [0, 0.05) is 17.3 Å². The fourth-order valence-electron chi connectivity index (χ4n) is 2.38. The van der Waals surface area contributed by atoms with Gasteiger partial charge in [-0.25, -0.2) is 4.39 Å². The van der Waals surface area contributed by atoms with Crippen LogP contribution in [0.5, 0.6) is 0 Å². The molecule has 1 aromatic rings. The van der Waals surface area contributed by atoms with Crippen LogP contribution in [0.2, 0.25) is 0 Å². The van der Waals surface area contributed by atoms with Crippen molar-refractivity contribution >= 4 is 21.7 Å². The third-order valence-electron chi connectivity index (χ3n) is 3.31. The van der Waals surface area contributed by atoms with E-state index in [9.17, 15) is 9.18 Å². The Morgan fingerprint density at radius 2 is 2.33 bits per heavy atom. The lowest BCUT2D eigenvalue weighted by Crippen LogP contribution is -2.31. The van der Waals surface area contributed by atoms with Crippen molar-refractivity contribution in [1.29, 1.82) is 0 Å². The number of benzene rings is 1. The summed E-state index contributed by atoms with van der Waals surface area (Å²) in [5, 5.41) is 3.29. The van der Waals surface area contributed by atoms with Crippen LogP contribution in [-0.4, -0.2) is 18.9 Å². The number of hydrogen-bond acceptors (Lipinski definition) is 2. The number of Topliss-reactive ketones (excluding diaryl/α,β-unsaturated/α-hetero) is 1. The SMILES string of the molecule is O=C(Cc1cc(Br)ccc1F)CC1CCCNC1. The Morgan fingerprint density at radius 3 is 3.06 bits per heavy atom. The molecule has 18 heavy (non-hydrogen) atoms. The lowest BCUT2D eigenvalue weighted by molar-refractivity contribution is -0.119. The van der Waals surface area contributed by atoms with E-state index >= 15 is 0 Å². The van der Waals surface area contributed by atoms with Gasteiger partial charge in [0.25, 0.3) is 0 Å². The predicted octanol–water partition coefficient (Wildman–Crippen LogP) is 3.09. The maximum absolute atomic E-state index is 13.5. The van der Waals surface area contributed by atoms with Gasteiger partial charge in [0.15, 0.2) is 0 Å². The zero-order valence-electron chi connectivity index (χ0n) is 10.2. The van der Waals surface area contributed by atoms with Crippen LogP contribution in [-0.2, 0) is 11.2 Å². The molecule has 0 radical (unpaired) electrons. The molecular formula is C14H17BrFNO. The quantitative estimate of drug-likeness (QED) is 0.925. The van der Waals surface area contributed by atoms with E-state index in [0.29, 0.717) is 17.9 Å². The molecule has 1 aliphatic heterocycles. The largest absolute Gasteiger partial charge is 0.316 e. The van der Waals surface area contributed by atoms with E-state index in [1.165, 1.54) is 6.07 Å². The summed E-state index contributed by atoms with van der Waals surface area (Å²) in [6.07, 6.45) is 2.98. The molecule has 0 aromatic heterocycles. The van der Waals surface area contributed by atoms with Crippen LogP contribution in [0.15, 0.2) is 22.7 Å². The van der Waals surface area contributed by atoms with Crippen molar-refractivity contribution in [1.82, 2.24) is 5.32 Å². The first kappa shape index (κ1) is 13.7. The highest BCUT2D eigenvalue weighted by molar-refractivity contribution is 9.10. The molecule has 1 heterocycles. The Labute approximate surface area is 115 Å². The Bertz CT molecular complexity index is 430. The van der Waals surface area contributed by atoms with Crippen LogP contribution in [0.4, 0.5) is 4.39 Å². The number of piperidine rings is 1. The van der Waals surface area contributed by atoms with Crippen LogP contribution >= 0.6 is 15.9 Å². The molecule has 1 aliphatic rings. The zero-order chi connectivity index (χ0) is 13.0. The van der Waals surface area contributed by atoms with Gasteiger partial charge in [0.2, 0.25) is 0 Å². The Hall–Kier alpha value is -0.740. The average molecular weight is 314 g/mol. The highest BCUT2D eigenvalue weighted by Crippen LogP contribution is 2.19. The minimum absolute atomic E-state index is 0.126. The fourth-order valence-corrected chi connectivity index (χ4v) is 2.79. The molecule has 2 nitrogen and oxygen atoms in total. The summed E-state index contributed by atoms with van der Waals surface area (Å²) in [7, 11) is 0. The van der Waals surface area contributed by atoms with Crippen LogP contribution in [0.1, 0.15) is 24.8 Å². The molecule has 1 N–H and O–H groups in total. The first-order chi connectivity index (χ1) is 8.65. The van der Waals surface area contributed by atoms with Crippen molar-refractivity contribution in [3.05, 3.63) is 34.1 Å². The van der Waals surface area contributed by atoms with E-state index in [-0.39, 0.29) is 18.0 Å². The van der Waals surface area contributed by atoms with Crippen molar-refractivity contribution < 1.29 is 9.18 Å². The Kier molecular flexibility index (Phi) is 4.89. The molecule has 0 saturated carbocycles. The van der Waals surface area contributed by atoms with E-state index in [0.717, 1.165) is 30.4 Å². The summed E-state index contributed by atoms with van der Waals surface area (Å²) in [6.45, 7) is 1.96. The third-order valence-corrected chi connectivity index (χ3v) is 3.80. The number of carbonyl (C=O) groups is 1. The summed E-state index contributed by atoms with van der Waals surface area (Å²) in [5.41, 5.74) is 0.484. The van der Waals surface area contributed by atoms with Crippen LogP contribution in [0.3, 0.4) is 0 Å². The van der Waals surface area contributed by atoms with Gasteiger partial charge in [-0.1, -0.05) is 15.9 Å². The molecule has 4 heteroatoms. The molecule has 1 aromatic carbocycles. The van der Waals surface area contributed by atoms with Gasteiger partial charge in [-0.15, -0.1) is 0 Å². The fraction of sp³-hybridized carbons (Fsp3) is 0.500. The molecular weight excluding hydrogens is 297 g/mol. The molecule has 2 rings (SSSR count). The molecule has 1 unspecified atom stereocenters. The van der Waals surface area contributed by atoms with Gasteiger partial charge in [-0.2, -0.15) is 0 Å². The van der Waals surface area contributed by atoms with Crippen molar-refractivity contribution in [2.24, 2.45) is 5.92 Å². The molecule has 0 aliphatic carbocycles. The third kappa shape index (κ3) is 3.89. The number of rotatable bonds is 4. The van der Waals surface area contributed by atoms with Gasteiger partial charge in [0.05, 0.1) is 0 Å². The summed E-state index contributed by atoms with van der Waals surface area (Å²) in [5.74, 6) is 0.246. The summed E-state index contributed by atoms with van der Waals surface area (Å²) < 4.78 is 14.3. The first-order valence-electron chi connectivity index (χ1n) is 6.31. The molecule has 1 atom stereocenters. The Balaban J connectivity index is 1.92. The van der Waals surface area contributed by atoms with Crippen LogP contribution in [0, 0.1) is 11.7 Å². The summed E-state index contributed by atoms with van der Waals surface area (Å²) in [4.78, 5) is 11.9. The zero-order valence-corrected chi connectivity index (χ0v) is 11.8. The highest BCUT2D eigenvalue weighted by Gasteiger charge is 2.17. The van der Waals surface area contributed by atoms with Crippen LogP contribution in [0.25, 0.3) is 0 Å². The van der Waals surface area contributed by atoms with Gasteiger partial charge in [0.1, 0.15) is 11.6 Å². The van der Waals surface area contributed by atoms with E-state index in [1.807, 2.05) is 0 Å². The minimum atomic E-state index is -0.298. The van der Waals surface area contributed by atoms with Gasteiger partial charge in [-0.3, -0.25) is 4.79 Å². The number of carbonyl (C=O) groups excluding carboxylic acids is 1. The topological polar surface area (TPSA) is 29.1 Å². The van der Waals surface area contributed by atoms with E-state index < -0.39 is 0 Å². The smallest absolute Gasteiger partial charge is 0.137 e. The summed E-state index contributed by atoms with van der Waals surface area (Å²) in [6, 6.07) is 4.73.